The molecule has 2 fully saturated rings. The Balaban J connectivity index is 1.58. The molecule has 2 rings (SSSR count). The van der Waals surface area contributed by atoms with Gasteiger partial charge in [0, 0.05) is 25.6 Å². The van der Waals surface area contributed by atoms with Crippen molar-refractivity contribution in [2.24, 2.45) is 5.92 Å². The molecule has 1 N–H and O–H groups in total. The summed E-state index contributed by atoms with van der Waals surface area (Å²) in [5, 5.41) is 8.50. The zero-order chi connectivity index (χ0) is 9.26. The molecule has 0 aromatic heterocycles. The van der Waals surface area contributed by atoms with Gasteiger partial charge in [-0.05, 0) is 25.2 Å². The maximum absolute atomic E-state index is 10.3. The van der Waals surface area contributed by atoms with Crippen molar-refractivity contribution in [1.82, 2.24) is 4.90 Å². The van der Waals surface area contributed by atoms with E-state index in [0.29, 0.717) is 12.3 Å². The minimum atomic E-state index is -0.651. The summed E-state index contributed by atoms with van der Waals surface area (Å²) in [6.45, 7) is 2.30. The van der Waals surface area contributed by atoms with Crippen molar-refractivity contribution in [3.8, 4) is 0 Å². The number of carbonyl (C=O) groups is 1. The van der Waals surface area contributed by atoms with Gasteiger partial charge in [0.15, 0.2) is 0 Å². The second-order valence-electron chi connectivity index (χ2n) is 4.34. The average Bonchev–Trinajstić information content (AvgIpc) is 1.88. The highest BCUT2D eigenvalue weighted by Crippen LogP contribution is 2.32. The molecule has 0 atom stereocenters. The van der Waals surface area contributed by atoms with Gasteiger partial charge < -0.3 is 5.11 Å². The molecule has 3 heteroatoms. The van der Waals surface area contributed by atoms with Gasteiger partial charge in [-0.15, -0.1) is 0 Å². The summed E-state index contributed by atoms with van der Waals surface area (Å²) in [5.74, 6) is 0.0128. The van der Waals surface area contributed by atoms with Gasteiger partial charge in [-0.1, -0.05) is 6.42 Å². The van der Waals surface area contributed by atoms with Crippen molar-refractivity contribution in [2.75, 3.05) is 13.1 Å². The van der Waals surface area contributed by atoms with Crippen LogP contribution in [0.4, 0.5) is 0 Å². The van der Waals surface area contributed by atoms with Gasteiger partial charge >= 0.3 is 5.97 Å². The lowest BCUT2D eigenvalue weighted by atomic mass is 9.85. The van der Waals surface area contributed by atoms with Crippen LogP contribution in [-0.4, -0.2) is 35.1 Å². The van der Waals surface area contributed by atoms with Crippen LogP contribution in [0.25, 0.3) is 0 Å². The summed E-state index contributed by atoms with van der Waals surface area (Å²) in [5.41, 5.74) is 0. The Morgan fingerprint density at radius 1 is 1.38 bits per heavy atom. The van der Waals surface area contributed by atoms with Crippen LogP contribution in [0.15, 0.2) is 0 Å². The lowest BCUT2D eigenvalue weighted by Crippen LogP contribution is -2.54. The Bertz CT molecular complexity index is 195. The minimum absolute atomic E-state index is 0.350. The Labute approximate surface area is 78.7 Å². The summed E-state index contributed by atoms with van der Waals surface area (Å²) < 4.78 is 0. The molecule has 1 saturated carbocycles. The maximum atomic E-state index is 10.3. The van der Waals surface area contributed by atoms with Gasteiger partial charge in [0.2, 0.25) is 0 Å². The number of rotatable bonds is 4. The van der Waals surface area contributed by atoms with E-state index in [0.717, 1.165) is 25.6 Å². The van der Waals surface area contributed by atoms with Gasteiger partial charge in [0.25, 0.3) is 0 Å². The smallest absolute Gasteiger partial charge is 0.303 e. The number of hydrogen-bond donors (Lipinski definition) is 1. The first-order chi connectivity index (χ1) is 6.25. The Morgan fingerprint density at radius 3 is 2.54 bits per heavy atom. The molecule has 74 valence electrons. The van der Waals surface area contributed by atoms with Crippen molar-refractivity contribution in [3.05, 3.63) is 0 Å². The predicted molar refractivity (Wildman–Crippen MR) is 49.6 cm³/mol. The molecule has 0 aromatic carbocycles. The summed E-state index contributed by atoms with van der Waals surface area (Å²) in [4.78, 5) is 12.8. The average molecular weight is 183 g/mol. The molecule has 1 aliphatic heterocycles. The number of carboxylic acid groups (broad SMARTS) is 1. The summed E-state index contributed by atoms with van der Waals surface area (Å²) in [7, 11) is 0. The highest BCUT2D eigenvalue weighted by atomic mass is 16.4. The second kappa shape index (κ2) is 3.66. The molecule has 1 saturated heterocycles. The number of aliphatic carboxylic acids is 1. The number of carboxylic acids is 1. The lowest BCUT2D eigenvalue weighted by Gasteiger charge is -2.48. The molecule has 13 heavy (non-hydrogen) atoms. The third kappa shape index (κ3) is 2.02. The van der Waals surface area contributed by atoms with Crippen molar-refractivity contribution >= 4 is 5.97 Å². The first-order valence-electron chi connectivity index (χ1n) is 5.21. The van der Waals surface area contributed by atoms with Gasteiger partial charge in [-0.2, -0.15) is 0 Å². The Hall–Kier alpha value is -0.570. The van der Waals surface area contributed by atoms with Crippen molar-refractivity contribution in [1.29, 1.82) is 0 Å². The fourth-order valence-corrected chi connectivity index (χ4v) is 2.17. The molecule has 1 heterocycles. The first kappa shape index (κ1) is 9.00. The number of nitrogens with zero attached hydrogens (tertiary/aromatic N) is 1. The molecule has 0 radical (unpaired) electrons. The third-order valence-electron chi connectivity index (χ3n) is 3.34. The maximum Gasteiger partial charge on any atom is 0.303 e. The van der Waals surface area contributed by atoms with E-state index in [-0.39, 0.29) is 0 Å². The van der Waals surface area contributed by atoms with E-state index in [4.69, 9.17) is 5.11 Å². The van der Waals surface area contributed by atoms with Crippen LogP contribution in [0, 0.1) is 5.92 Å². The van der Waals surface area contributed by atoms with E-state index in [1.54, 1.807) is 0 Å². The third-order valence-corrected chi connectivity index (χ3v) is 3.34. The SMILES string of the molecule is O=C(O)CCC1CN(C2CCC2)C1. The zero-order valence-corrected chi connectivity index (χ0v) is 7.91. The molecule has 0 amide bonds. The summed E-state index contributed by atoms with van der Waals surface area (Å²) in [6, 6.07) is 0.848. The van der Waals surface area contributed by atoms with E-state index in [9.17, 15) is 4.79 Å². The van der Waals surface area contributed by atoms with Crippen molar-refractivity contribution < 1.29 is 9.90 Å². The van der Waals surface area contributed by atoms with Crippen LogP contribution < -0.4 is 0 Å². The number of likely N-dealkylation sites (tertiary alicyclic amines) is 1. The van der Waals surface area contributed by atoms with E-state index >= 15 is 0 Å². The molecule has 0 spiro atoms. The van der Waals surface area contributed by atoms with Crippen LogP contribution in [0.5, 0.6) is 0 Å². The molecular weight excluding hydrogens is 166 g/mol. The molecule has 0 unspecified atom stereocenters. The molecule has 2 aliphatic rings. The highest BCUT2D eigenvalue weighted by molar-refractivity contribution is 5.66. The van der Waals surface area contributed by atoms with Crippen LogP contribution >= 0.6 is 0 Å². The lowest BCUT2D eigenvalue weighted by molar-refractivity contribution is -0.137. The monoisotopic (exact) mass is 183 g/mol. The van der Waals surface area contributed by atoms with E-state index in [1.165, 1.54) is 19.3 Å². The topological polar surface area (TPSA) is 40.5 Å². The van der Waals surface area contributed by atoms with E-state index < -0.39 is 5.97 Å². The standard InChI is InChI=1S/C10H17NO2/c12-10(13)5-4-8-6-11(7-8)9-2-1-3-9/h8-9H,1-7H2,(H,12,13). The predicted octanol–water partition coefficient (Wildman–Crippen LogP) is 1.34. The van der Waals surface area contributed by atoms with E-state index in [1.807, 2.05) is 0 Å². The Kier molecular flexibility index (Phi) is 2.54. The van der Waals surface area contributed by atoms with Crippen LogP contribution in [0.2, 0.25) is 0 Å². The molecular formula is C10H17NO2. The minimum Gasteiger partial charge on any atom is -0.481 e. The van der Waals surface area contributed by atoms with Crippen LogP contribution in [-0.2, 0) is 4.79 Å². The normalized spacial score (nSPS) is 25.2. The van der Waals surface area contributed by atoms with Crippen molar-refractivity contribution in [2.45, 2.75) is 38.1 Å². The second-order valence-corrected chi connectivity index (χ2v) is 4.34. The van der Waals surface area contributed by atoms with Gasteiger partial charge in [0.05, 0.1) is 0 Å². The molecule has 1 aliphatic carbocycles. The molecule has 0 aromatic rings. The van der Waals surface area contributed by atoms with Gasteiger partial charge in [-0.3, -0.25) is 9.69 Å². The van der Waals surface area contributed by atoms with Crippen LogP contribution in [0.3, 0.4) is 0 Å². The van der Waals surface area contributed by atoms with Gasteiger partial charge in [-0.25, -0.2) is 0 Å². The fraction of sp³-hybridized carbons (Fsp3) is 0.900. The Morgan fingerprint density at radius 2 is 2.08 bits per heavy atom. The summed E-state index contributed by atoms with van der Waals surface area (Å²) in [6.07, 6.45) is 5.35. The van der Waals surface area contributed by atoms with Crippen molar-refractivity contribution in [3.63, 3.8) is 0 Å². The largest absolute Gasteiger partial charge is 0.481 e. The van der Waals surface area contributed by atoms with Gasteiger partial charge in [0.1, 0.15) is 0 Å². The highest BCUT2D eigenvalue weighted by Gasteiger charge is 2.34. The number of hydrogen-bond acceptors (Lipinski definition) is 2. The fourth-order valence-electron chi connectivity index (χ4n) is 2.17. The quantitative estimate of drug-likeness (QED) is 0.715. The zero-order valence-electron chi connectivity index (χ0n) is 7.91. The van der Waals surface area contributed by atoms with E-state index in [2.05, 4.69) is 4.90 Å². The molecule has 0 bridgehead atoms. The summed E-state index contributed by atoms with van der Waals surface area (Å²) >= 11 is 0. The first-order valence-corrected chi connectivity index (χ1v) is 5.21. The molecule has 3 nitrogen and oxygen atoms in total. The van der Waals surface area contributed by atoms with Crippen LogP contribution in [0.1, 0.15) is 32.1 Å².